The Hall–Kier alpha value is -2.90. The Balaban J connectivity index is 1.87. The van der Waals surface area contributed by atoms with Crippen molar-refractivity contribution in [1.29, 1.82) is 0 Å². The van der Waals surface area contributed by atoms with E-state index in [9.17, 15) is 10.1 Å². The van der Waals surface area contributed by atoms with Gasteiger partial charge in [0.15, 0.2) is 0 Å². The van der Waals surface area contributed by atoms with Gasteiger partial charge in [0, 0.05) is 11.1 Å². The van der Waals surface area contributed by atoms with E-state index in [2.05, 4.69) is 15.6 Å². The number of nitro benzene ring substituents is 1. The van der Waals surface area contributed by atoms with Gasteiger partial charge in [-0.25, -0.2) is 4.68 Å². The van der Waals surface area contributed by atoms with E-state index in [1.54, 1.807) is 48.0 Å². The Kier molecular flexibility index (Phi) is 5.20. The number of nitrogens with zero attached hydrogens (tertiary/aromatic N) is 4. The van der Waals surface area contributed by atoms with Crippen molar-refractivity contribution in [2.45, 2.75) is 6.92 Å². The molecule has 3 rings (SSSR count). The van der Waals surface area contributed by atoms with Gasteiger partial charge >= 0.3 is 0 Å². The van der Waals surface area contributed by atoms with Gasteiger partial charge in [-0.05, 0) is 31.2 Å². The van der Waals surface area contributed by atoms with E-state index in [0.29, 0.717) is 21.4 Å². The van der Waals surface area contributed by atoms with Gasteiger partial charge in [0.2, 0.25) is 0 Å². The smallest absolute Gasteiger partial charge is 0.272 e. The Morgan fingerprint density at radius 2 is 2.00 bits per heavy atom. The summed E-state index contributed by atoms with van der Waals surface area (Å²) in [6.07, 6.45) is 1.47. The monoisotopic (exact) mass is 389 g/mol. The molecular weight excluding hydrogens is 377 g/mol. The number of rotatable bonds is 5. The molecule has 9 heteroatoms. The fraction of sp³-hybridized carbons (Fsp3) is 0.0588. The molecule has 0 bridgehead atoms. The Morgan fingerprint density at radius 3 is 2.73 bits per heavy atom. The minimum atomic E-state index is -0.479. The van der Waals surface area contributed by atoms with Crippen LogP contribution in [-0.2, 0) is 0 Å². The fourth-order valence-corrected chi connectivity index (χ4v) is 2.84. The lowest BCUT2D eigenvalue weighted by Gasteiger charge is -2.03. The third-order valence-corrected chi connectivity index (χ3v) is 4.18. The highest BCUT2D eigenvalue weighted by atomic mass is 35.5. The number of para-hydroxylation sites is 2. The number of aromatic nitrogens is 2. The number of hydrogen-bond donors (Lipinski definition) is 1. The normalized spacial score (nSPS) is 11.0. The SMILES string of the molecule is Cc1nn(-c2cccc(Cl)c2)c(Cl)c1/C=N\Nc1ccccc1[N+](=O)[O-]. The molecule has 0 aliphatic rings. The lowest BCUT2D eigenvalue weighted by Crippen LogP contribution is -1.97. The highest BCUT2D eigenvalue weighted by molar-refractivity contribution is 6.32. The highest BCUT2D eigenvalue weighted by Gasteiger charge is 2.14. The molecule has 1 aromatic heterocycles. The first-order chi connectivity index (χ1) is 12.5. The summed E-state index contributed by atoms with van der Waals surface area (Å²) in [6.45, 7) is 1.79. The first-order valence-electron chi connectivity index (χ1n) is 7.51. The molecule has 1 heterocycles. The largest absolute Gasteiger partial charge is 0.294 e. The van der Waals surface area contributed by atoms with Crippen molar-refractivity contribution in [2.24, 2.45) is 5.10 Å². The molecular formula is C17H13Cl2N5O2. The van der Waals surface area contributed by atoms with Crippen LogP contribution in [0.25, 0.3) is 5.69 Å². The topological polar surface area (TPSA) is 85.3 Å². The predicted molar refractivity (Wildman–Crippen MR) is 103 cm³/mol. The average Bonchev–Trinajstić information content (AvgIpc) is 2.90. The maximum Gasteiger partial charge on any atom is 0.294 e. The van der Waals surface area contributed by atoms with Crippen molar-refractivity contribution in [3.05, 3.63) is 80.1 Å². The van der Waals surface area contributed by atoms with E-state index in [-0.39, 0.29) is 11.4 Å². The summed E-state index contributed by atoms with van der Waals surface area (Å²) in [6, 6.07) is 13.4. The van der Waals surface area contributed by atoms with Gasteiger partial charge in [0.05, 0.1) is 28.1 Å². The van der Waals surface area contributed by atoms with Gasteiger partial charge < -0.3 is 0 Å². The van der Waals surface area contributed by atoms with Crippen LogP contribution in [-0.4, -0.2) is 20.9 Å². The number of hydrogen-bond acceptors (Lipinski definition) is 5. The molecule has 0 aliphatic heterocycles. The summed E-state index contributed by atoms with van der Waals surface area (Å²) in [4.78, 5) is 10.5. The van der Waals surface area contributed by atoms with Gasteiger partial charge in [0.1, 0.15) is 10.8 Å². The van der Waals surface area contributed by atoms with Crippen molar-refractivity contribution >= 4 is 40.8 Å². The number of nitrogens with one attached hydrogen (secondary N) is 1. The first kappa shape index (κ1) is 17.9. The number of anilines is 1. The standard InChI is InChI=1S/C17H13Cl2N5O2/c1-11-14(10-20-21-15-7-2-3-8-16(15)24(25)26)17(19)23(22-11)13-6-4-5-12(18)9-13/h2-10,21H,1H3/b20-10-. The third-order valence-electron chi connectivity index (χ3n) is 3.58. The van der Waals surface area contributed by atoms with Gasteiger partial charge in [-0.1, -0.05) is 41.4 Å². The summed E-state index contributed by atoms with van der Waals surface area (Å²) in [5.41, 5.74) is 4.85. The fourth-order valence-electron chi connectivity index (χ4n) is 2.33. The van der Waals surface area contributed by atoms with Gasteiger partial charge in [-0.2, -0.15) is 10.2 Å². The highest BCUT2D eigenvalue weighted by Crippen LogP contribution is 2.25. The summed E-state index contributed by atoms with van der Waals surface area (Å²) in [7, 11) is 0. The molecule has 0 fully saturated rings. The lowest BCUT2D eigenvalue weighted by atomic mass is 10.3. The van der Waals surface area contributed by atoms with E-state index in [0.717, 1.165) is 5.69 Å². The van der Waals surface area contributed by atoms with Crippen molar-refractivity contribution in [3.8, 4) is 5.69 Å². The molecule has 26 heavy (non-hydrogen) atoms. The van der Waals surface area contributed by atoms with Gasteiger partial charge in [-0.3, -0.25) is 15.5 Å². The van der Waals surface area contributed by atoms with E-state index < -0.39 is 4.92 Å². The number of halogens is 2. The molecule has 0 saturated carbocycles. The van der Waals surface area contributed by atoms with Crippen LogP contribution in [0.1, 0.15) is 11.3 Å². The molecule has 0 atom stereocenters. The summed E-state index contributed by atoms with van der Waals surface area (Å²) >= 11 is 12.4. The quantitative estimate of drug-likeness (QED) is 0.384. The molecule has 1 N–H and O–H groups in total. The number of hydrazone groups is 1. The zero-order chi connectivity index (χ0) is 18.7. The second-order valence-corrected chi connectivity index (χ2v) is 6.12. The molecule has 0 saturated heterocycles. The maximum atomic E-state index is 11.0. The molecule has 0 aliphatic carbocycles. The molecule has 0 spiro atoms. The Morgan fingerprint density at radius 1 is 1.23 bits per heavy atom. The number of aryl methyl sites for hydroxylation is 1. The summed E-state index contributed by atoms with van der Waals surface area (Å²) in [5, 5.41) is 20.4. The first-order valence-corrected chi connectivity index (χ1v) is 8.26. The number of benzene rings is 2. The van der Waals surface area contributed by atoms with Crippen LogP contribution in [0.3, 0.4) is 0 Å². The van der Waals surface area contributed by atoms with Crippen LogP contribution in [0.4, 0.5) is 11.4 Å². The Bertz CT molecular complexity index is 1000. The zero-order valence-electron chi connectivity index (χ0n) is 13.6. The van der Waals surface area contributed by atoms with Crippen LogP contribution >= 0.6 is 23.2 Å². The van der Waals surface area contributed by atoms with Crippen molar-refractivity contribution < 1.29 is 4.92 Å². The van der Waals surface area contributed by atoms with E-state index in [4.69, 9.17) is 23.2 Å². The summed E-state index contributed by atoms with van der Waals surface area (Å²) < 4.78 is 1.55. The van der Waals surface area contributed by atoms with Gasteiger partial charge in [0.25, 0.3) is 5.69 Å². The lowest BCUT2D eigenvalue weighted by molar-refractivity contribution is -0.384. The molecule has 0 amide bonds. The predicted octanol–water partition coefficient (Wildman–Crippen LogP) is 4.84. The third kappa shape index (κ3) is 3.68. The minimum Gasteiger partial charge on any atom is -0.272 e. The maximum absolute atomic E-state index is 11.0. The zero-order valence-corrected chi connectivity index (χ0v) is 15.1. The average molecular weight is 390 g/mol. The molecule has 3 aromatic rings. The van der Waals surface area contributed by atoms with Crippen molar-refractivity contribution in [3.63, 3.8) is 0 Å². The second kappa shape index (κ2) is 7.55. The van der Waals surface area contributed by atoms with E-state index >= 15 is 0 Å². The van der Waals surface area contributed by atoms with Crippen molar-refractivity contribution in [1.82, 2.24) is 9.78 Å². The van der Waals surface area contributed by atoms with E-state index in [1.807, 2.05) is 6.07 Å². The molecule has 0 radical (unpaired) electrons. The second-order valence-electron chi connectivity index (χ2n) is 5.33. The molecule has 2 aromatic carbocycles. The van der Waals surface area contributed by atoms with Crippen LogP contribution in [0.5, 0.6) is 0 Å². The van der Waals surface area contributed by atoms with Crippen LogP contribution in [0.2, 0.25) is 10.2 Å². The molecule has 7 nitrogen and oxygen atoms in total. The van der Waals surface area contributed by atoms with Crippen molar-refractivity contribution in [2.75, 3.05) is 5.43 Å². The number of nitro groups is 1. The van der Waals surface area contributed by atoms with Crippen LogP contribution < -0.4 is 5.43 Å². The molecule has 0 unspecified atom stereocenters. The van der Waals surface area contributed by atoms with Crippen LogP contribution in [0, 0.1) is 17.0 Å². The van der Waals surface area contributed by atoms with E-state index in [1.165, 1.54) is 12.3 Å². The summed E-state index contributed by atoms with van der Waals surface area (Å²) in [5.74, 6) is 0. The minimum absolute atomic E-state index is 0.0675. The Labute approximate surface area is 159 Å². The molecule has 132 valence electrons. The van der Waals surface area contributed by atoms with Gasteiger partial charge in [-0.15, -0.1) is 0 Å². The van der Waals surface area contributed by atoms with Crippen LogP contribution in [0.15, 0.2) is 53.6 Å².